The summed E-state index contributed by atoms with van der Waals surface area (Å²) in [7, 11) is 0. The highest BCUT2D eigenvalue weighted by molar-refractivity contribution is 5.94. The van der Waals surface area contributed by atoms with E-state index in [-0.39, 0.29) is 43.5 Å². The summed E-state index contributed by atoms with van der Waals surface area (Å²) < 4.78 is 18.6. The molecule has 6 rings (SSSR count). The summed E-state index contributed by atoms with van der Waals surface area (Å²) in [5.74, 6) is -0.272. The van der Waals surface area contributed by atoms with Crippen molar-refractivity contribution in [2.75, 3.05) is 43.9 Å². The van der Waals surface area contributed by atoms with E-state index >= 15 is 0 Å². The van der Waals surface area contributed by atoms with Crippen LogP contribution in [0.5, 0.6) is 0 Å². The van der Waals surface area contributed by atoms with Crippen LogP contribution in [0.25, 0.3) is 11.1 Å². The van der Waals surface area contributed by atoms with Crippen molar-refractivity contribution in [3.8, 4) is 11.1 Å². The number of nitrogens with zero attached hydrogens (tertiary/aromatic N) is 1. The number of hydrogen-bond acceptors (Lipinski definition) is 8. The summed E-state index contributed by atoms with van der Waals surface area (Å²) in [5.41, 5.74) is 12.9. The molecule has 262 valence electrons. The molecular weight excluding hydrogens is 632 g/mol. The zero-order valence-corrected chi connectivity index (χ0v) is 28.3. The molecule has 0 unspecified atom stereocenters. The molecule has 4 aromatic rings. The number of benzene rings is 4. The number of nitrogens with one attached hydrogen (secondary N) is 2. The third kappa shape index (κ3) is 9.77. The second kappa shape index (κ2) is 17.4. The predicted octanol–water partition coefficient (Wildman–Crippen LogP) is 5.73. The van der Waals surface area contributed by atoms with E-state index in [9.17, 15) is 14.7 Å². The topological polar surface area (TPSA) is 135 Å². The number of aliphatic hydroxyl groups excluding tert-OH is 1. The largest absolute Gasteiger partial charge is 0.397 e. The molecule has 2 heterocycles. The maximum atomic E-state index is 12.5. The van der Waals surface area contributed by atoms with Gasteiger partial charge in [0.25, 0.3) is 0 Å². The van der Waals surface area contributed by atoms with Gasteiger partial charge < -0.3 is 35.7 Å². The van der Waals surface area contributed by atoms with E-state index in [1.165, 1.54) is 0 Å². The fraction of sp³-hybridized carbons (Fsp3) is 0.350. The molecule has 10 nitrogen and oxygen atoms in total. The first-order valence-electron chi connectivity index (χ1n) is 17.3. The number of carbonyl (C=O) groups is 2. The van der Waals surface area contributed by atoms with Crippen molar-refractivity contribution < 1.29 is 28.9 Å². The summed E-state index contributed by atoms with van der Waals surface area (Å²) in [4.78, 5) is 27.2. The minimum absolute atomic E-state index is 0.00764. The van der Waals surface area contributed by atoms with Gasteiger partial charge in [0.2, 0.25) is 11.8 Å². The van der Waals surface area contributed by atoms with Crippen molar-refractivity contribution in [2.24, 2.45) is 0 Å². The molecule has 2 amide bonds. The summed E-state index contributed by atoms with van der Waals surface area (Å²) >= 11 is 0. The van der Waals surface area contributed by atoms with Crippen molar-refractivity contribution in [1.82, 2.24) is 10.2 Å². The maximum absolute atomic E-state index is 12.5. The fourth-order valence-electron chi connectivity index (χ4n) is 6.32. The molecule has 3 atom stereocenters. The van der Waals surface area contributed by atoms with Crippen LogP contribution in [0.2, 0.25) is 0 Å². The molecule has 50 heavy (non-hydrogen) atoms. The monoisotopic (exact) mass is 678 g/mol. The van der Waals surface area contributed by atoms with Gasteiger partial charge in [-0.25, -0.2) is 0 Å². The lowest BCUT2D eigenvalue weighted by Gasteiger charge is -2.39. The molecule has 2 aliphatic rings. The van der Waals surface area contributed by atoms with E-state index < -0.39 is 6.29 Å². The van der Waals surface area contributed by atoms with E-state index in [1.54, 1.807) is 12.1 Å². The predicted molar refractivity (Wildman–Crippen MR) is 193 cm³/mol. The molecule has 10 heteroatoms. The van der Waals surface area contributed by atoms with Crippen LogP contribution in [-0.2, 0) is 37.0 Å². The lowest BCUT2D eigenvalue weighted by molar-refractivity contribution is -0.253. The number of rotatable bonds is 13. The van der Waals surface area contributed by atoms with Crippen LogP contribution in [0, 0.1) is 0 Å². The van der Waals surface area contributed by atoms with Crippen LogP contribution >= 0.6 is 0 Å². The number of anilines is 2. The Hall–Kier alpha value is -4.58. The Balaban J connectivity index is 1.03. The van der Waals surface area contributed by atoms with E-state index in [2.05, 4.69) is 51.9 Å². The molecule has 2 saturated heterocycles. The van der Waals surface area contributed by atoms with Gasteiger partial charge >= 0.3 is 0 Å². The minimum Gasteiger partial charge on any atom is -0.397 e. The zero-order valence-electron chi connectivity index (χ0n) is 28.3. The van der Waals surface area contributed by atoms with Gasteiger partial charge in [-0.3, -0.25) is 14.5 Å². The normalized spacial score (nSPS) is 19.5. The average molecular weight is 679 g/mol. The lowest BCUT2D eigenvalue weighted by atomic mass is 9.99. The number of nitrogen functional groups attached to an aromatic ring is 1. The van der Waals surface area contributed by atoms with E-state index in [0.29, 0.717) is 24.3 Å². The first-order chi connectivity index (χ1) is 24.4. The molecule has 0 aliphatic carbocycles. The van der Waals surface area contributed by atoms with Crippen LogP contribution < -0.4 is 16.4 Å². The summed E-state index contributed by atoms with van der Waals surface area (Å²) in [5, 5.41) is 15.3. The second-order valence-corrected chi connectivity index (χ2v) is 12.9. The number of nitrogens with two attached hydrogens (primary N) is 1. The average Bonchev–Trinajstić information content (AvgIpc) is 3.15. The summed E-state index contributed by atoms with van der Waals surface area (Å²) in [6, 6.07) is 31.4. The molecule has 0 aromatic heterocycles. The van der Waals surface area contributed by atoms with Gasteiger partial charge in [0.15, 0.2) is 6.29 Å². The number of aliphatic hydroxyl groups is 1. The molecule has 0 bridgehead atoms. The Labute approximate surface area is 293 Å². The van der Waals surface area contributed by atoms with Crippen molar-refractivity contribution in [3.63, 3.8) is 0 Å². The number of morpholine rings is 1. The van der Waals surface area contributed by atoms with Gasteiger partial charge in [-0.1, -0.05) is 78.9 Å². The highest BCUT2D eigenvalue weighted by Crippen LogP contribution is 2.38. The number of ether oxygens (including phenoxy) is 3. The van der Waals surface area contributed by atoms with Crippen LogP contribution in [-0.4, -0.2) is 60.8 Å². The van der Waals surface area contributed by atoms with E-state index in [4.69, 9.17) is 19.9 Å². The van der Waals surface area contributed by atoms with Crippen LogP contribution in [0.3, 0.4) is 0 Å². The van der Waals surface area contributed by atoms with Crippen molar-refractivity contribution in [1.29, 1.82) is 0 Å². The highest BCUT2D eigenvalue weighted by atomic mass is 16.7. The van der Waals surface area contributed by atoms with Crippen molar-refractivity contribution in [3.05, 3.63) is 119 Å². The van der Waals surface area contributed by atoms with Crippen LogP contribution in [0.1, 0.15) is 60.3 Å². The standard InChI is InChI=1S/C40H46N4O6/c41-35-7-1-2-8-36(35)43-39(47)10-4-9-38(46)42-25-29-5-3-6-33(23-29)30-15-17-32(18-16-30)40-49-34(26-44-19-21-48-22-20-44)24-37(50-40)31-13-11-28(27-45)12-14-31/h1-3,5-8,11-18,23,34,37,40,45H,4,9-10,19-22,24-27,41H2,(H,42,46)(H,43,47)/t34-,37+,40+/m1/s1. The molecule has 4 aromatic carbocycles. The molecule has 0 radical (unpaired) electrons. The SMILES string of the molecule is Nc1ccccc1NC(=O)CCCC(=O)NCc1cccc(-c2ccc([C@H]3O[C@@H](CN4CCOCC4)C[C@@H](c4ccc(CO)cc4)O3)cc2)c1. The minimum atomic E-state index is -0.518. The fourth-order valence-corrected chi connectivity index (χ4v) is 6.32. The number of carbonyl (C=O) groups excluding carboxylic acids is 2. The van der Waals surface area contributed by atoms with Crippen LogP contribution in [0.4, 0.5) is 11.4 Å². The number of hydrogen-bond donors (Lipinski definition) is 4. The number of para-hydroxylation sites is 2. The quantitative estimate of drug-likeness (QED) is 0.132. The first kappa shape index (κ1) is 35.3. The highest BCUT2D eigenvalue weighted by Gasteiger charge is 2.33. The lowest BCUT2D eigenvalue weighted by Crippen LogP contribution is -2.44. The summed E-state index contributed by atoms with van der Waals surface area (Å²) in [6.07, 6.45) is 1.01. The zero-order chi connectivity index (χ0) is 34.7. The molecule has 2 aliphatic heterocycles. The molecular formula is C40H46N4O6. The Bertz CT molecular complexity index is 1710. The molecule has 0 saturated carbocycles. The number of amides is 2. The summed E-state index contributed by atoms with van der Waals surface area (Å²) in [6.45, 7) is 4.47. The maximum Gasteiger partial charge on any atom is 0.224 e. The third-order valence-corrected chi connectivity index (χ3v) is 9.16. The van der Waals surface area contributed by atoms with Gasteiger partial charge in [0.05, 0.1) is 43.4 Å². The molecule has 2 fully saturated rings. The first-order valence-corrected chi connectivity index (χ1v) is 17.3. The van der Waals surface area contributed by atoms with E-state index in [0.717, 1.165) is 72.6 Å². The van der Waals surface area contributed by atoms with Gasteiger partial charge in [0, 0.05) is 51.0 Å². The van der Waals surface area contributed by atoms with Gasteiger partial charge in [-0.05, 0) is 52.4 Å². The van der Waals surface area contributed by atoms with Crippen LogP contribution in [0.15, 0.2) is 97.1 Å². The van der Waals surface area contributed by atoms with Gasteiger partial charge in [0.1, 0.15) is 0 Å². The Morgan fingerprint density at radius 1 is 0.800 bits per heavy atom. The van der Waals surface area contributed by atoms with Gasteiger partial charge in [-0.2, -0.15) is 0 Å². The Morgan fingerprint density at radius 3 is 2.30 bits per heavy atom. The Morgan fingerprint density at radius 2 is 1.54 bits per heavy atom. The van der Waals surface area contributed by atoms with Crippen molar-refractivity contribution in [2.45, 2.75) is 57.3 Å². The second-order valence-electron chi connectivity index (χ2n) is 12.9. The third-order valence-electron chi connectivity index (χ3n) is 9.16. The molecule has 5 N–H and O–H groups in total. The Kier molecular flexibility index (Phi) is 12.3. The molecule has 0 spiro atoms. The van der Waals surface area contributed by atoms with Crippen molar-refractivity contribution >= 4 is 23.2 Å². The smallest absolute Gasteiger partial charge is 0.224 e. The van der Waals surface area contributed by atoms with Gasteiger partial charge in [-0.15, -0.1) is 0 Å². The van der Waals surface area contributed by atoms with E-state index in [1.807, 2.05) is 48.5 Å².